The van der Waals surface area contributed by atoms with Gasteiger partial charge >= 0.3 is 0 Å². The van der Waals surface area contributed by atoms with Gasteiger partial charge in [0.05, 0.1) is 17.4 Å². The molecule has 0 saturated heterocycles. The van der Waals surface area contributed by atoms with Crippen LogP contribution in [0.2, 0.25) is 5.02 Å². The van der Waals surface area contributed by atoms with E-state index in [4.69, 9.17) is 22.1 Å². The molecule has 2 rings (SSSR count). The number of amides is 1. The lowest BCUT2D eigenvalue weighted by Gasteiger charge is -2.23. The largest absolute Gasteiger partial charge is 0.433 e. The second-order valence-corrected chi connectivity index (χ2v) is 6.12. The van der Waals surface area contributed by atoms with E-state index in [0.717, 1.165) is 0 Å². The van der Waals surface area contributed by atoms with Crippen molar-refractivity contribution in [3.05, 3.63) is 40.9 Å². The van der Waals surface area contributed by atoms with Crippen LogP contribution >= 0.6 is 11.6 Å². The van der Waals surface area contributed by atoms with Crippen molar-refractivity contribution in [1.29, 1.82) is 0 Å². The van der Waals surface area contributed by atoms with Crippen LogP contribution in [0.1, 0.15) is 31.9 Å². The average molecular weight is 382 g/mol. The number of nitrogens with zero attached hydrogens (tertiary/aromatic N) is 2. The van der Waals surface area contributed by atoms with Gasteiger partial charge in [-0.05, 0) is 19.4 Å². The van der Waals surface area contributed by atoms with Gasteiger partial charge in [-0.25, -0.2) is 14.4 Å². The first kappa shape index (κ1) is 19.9. The second-order valence-electron chi connectivity index (χ2n) is 5.72. The number of anilines is 1. The van der Waals surface area contributed by atoms with Crippen LogP contribution in [0, 0.1) is 5.82 Å². The molecule has 0 aliphatic heterocycles. The summed E-state index contributed by atoms with van der Waals surface area (Å²) < 4.78 is 20.5. The van der Waals surface area contributed by atoms with Gasteiger partial charge in [0.2, 0.25) is 12.3 Å². The molecule has 26 heavy (non-hydrogen) atoms. The molecule has 0 fully saturated rings. The van der Waals surface area contributed by atoms with E-state index >= 15 is 4.39 Å². The van der Waals surface area contributed by atoms with E-state index in [2.05, 4.69) is 20.6 Å². The van der Waals surface area contributed by atoms with E-state index in [-0.39, 0.29) is 34.6 Å². The highest BCUT2D eigenvalue weighted by Crippen LogP contribution is 2.36. The van der Waals surface area contributed by atoms with Crippen LogP contribution in [0.4, 0.5) is 10.2 Å². The molecular formula is C17H21ClFN5O2. The Kier molecular flexibility index (Phi) is 7.11. The fourth-order valence-corrected chi connectivity index (χ4v) is 2.63. The SMILES string of the molecule is CC[C@@H](N[C@H](C)CNC=O)c1ccc(Cl)c(Oc2cnc(N)cn2)c1F. The number of benzene rings is 1. The van der Waals surface area contributed by atoms with Crippen LogP contribution in [-0.2, 0) is 4.79 Å². The number of carbonyl (C=O) groups excluding carboxylic acids is 1. The number of hydrogen-bond acceptors (Lipinski definition) is 6. The Bertz CT molecular complexity index is 745. The van der Waals surface area contributed by atoms with E-state index < -0.39 is 5.82 Å². The van der Waals surface area contributed by atoms with Gasteiger partial charge in [-0.15, -0.1) is 0 Å². The summed E-state index contributed by atoms with van der Waals surface area (Å²) in [4.78, 5) is 18.2. The quantitative estimate of drug-likeness (QED) is 0.577. The van der Waals surface area contributed by atoms with Crippen LogP contribution < -0.4 is 21.1 Å². The fourth-order valence-electron chi connectivity index (χ4n) is 2.45. The molecule has 0 radical (unpaired) electrons. The number of rotatable bonds is 9. The molecule has 0 aliphatic carbocycles. The summed E-state index contributed by atoms with van der Waals surface area (Å²) in [5.41, 5.74) is 5.89. The standard InChI is InChI=1S/C17H21ClFN5O2/c1-3-13(24-10(2)6-21-9-25)11-4-5-12(18)17(16(11)19)26-15-8-22-14(20)7-23-15/h4-5,7-10,13,24H,3,6H2,1-2H3,(H2,20,22)(H,21,25)/t10-,13-/m1/s1. The summed E-state index contributed by atoms with van der Waals surface area (Å²) in [5.74, 6) is -0.388. The first-order valence-corrected chi connectivity index (χ1v) is 8.50. The molecular weight excluding hydrogens is 361 g/mol. The minimum Gasteiger partial charge on any atom is -0.433 e. The Morgan fingerprint density at radius 3 is 2.77 bits per heavy atom. The van der Waals surface area contributed by atoms with E-state index in [1.165, 1.54) is 12.4 Å². The summed E-state index contributed by atoms with van der Waals surface area (Å²) in [5, 5.41) is 5.99. The monoisotopic (exact) mass is 381 g/mol. The first-order valence-electron chi connectivity index (χ1n) is 8.12. The number of aromatic nitrogens is 2. The van der Waals surface area contributed by atoms with Gasteiger partial charge in [0.25, 0.3) is 0 Å². The Hall–Kier alpha value is -2.45. The van der Waals surface area contributed by atoms with Crippen molar-refractivity contribution in [3.63, 3.8) is 0 Å². The van der Waals surface area contributed by atoms with Crippen molar-refractivity contribution in [1.82, 2.24) is 20.6 Å². The Balaban J connectivity index is 2.25. The molecule has 0 saturated carbocycles. The molecule has 1 heterocycles. The molecule has 0 spiro atoms. The third-order valence-electron chi connectivity index (χ3n) is 3.71. The maximum atomic E-state index is 15.0. The zero-order valence-electron chi connectivity index (χ0n) is 14.5. The van der Waals surface area contributed by atoms with E-state index in [9.17, 15) is 4.79 Å². The molecule has 7 nitrogen and oxygen atoms in total. The van der Waals surface area contributed by atoms with E-state index in [0.29, 0.717) is 24.9 Å². The Labute approximate surface area is 156 Å². The molecule has 140 valence electrons. The number of nitrogens with two attached hydrogens (primary N) is 1. The highest BCUT2D eigenvalue weighted by atomic mass is 35.5. The minimum absolute atomic E-state index is 0.0486. The van der Waals surface area contributed by atoms with Crippen LogP contribution in [0.15, 0.2) is 24.5 Å². The summed E-state index contributed by atoms with van der Waals surface area (Å²) in [6.45, 7) is 4.26. The Morgan fingerprint density at radius 1 is 1.38 bits per heavy atom. The summed E-state index contributed by atoms with van der Waals surface area (Å²) in [6.07, 6.45) is 3.86. The maximum absolute atomic E-state index is 15.0. The summed E-state index contributed by atoms with van der Waals surface area (Å²) in [7, 11) is 0. The van der Waals surface area contributed by atoms with Crippen molar-refractivity contribution < 1.29 is 13.9 Å². The number of carbonyl (C=O) groups is 1. The second kappa shape index (κ2) is 9.30. The first-order chi connectivity index (χ1) is 12.5. The lowest BCUT2D eigenvalue weighted by molar-refractivity contribution is -0.109. The molecule has 0 bridgehead atoms. The Morgan fingerprint density at radius 2 is 2.15 bits per heavy atom. The van der Waals surface area contributed by atoms with Crippen molar-refractivity contribution in [3.8, 4) is 11.6 Å². The van der Waals surface area contributed by atoms with Gasteiger partial charge in [0.15, 0.2) is 11.6 Å². The third kappa shape index (κ3) is 5.03. The predicted molar refractivity (Wildman–Crippen MR) is 97.6 cm³/mol. The molecule has 0 unspecified atom stereocenters. The van der Waals surface area contributed by atoms with Gasteiger partial charge in [0.1, 0.15) is 5.82 Å². The third-order valence-corrected chi connectivity index (χ3v) is 4.01. The van der Waals surface area contributed by atoms with Crippen molar-refractivity contribution in [2.45, 2.75) is 32.4 Å². The zero-order chi connectivity index (χ0) is 19.1. The zero-order valence-corrected chi connectivity index (χ0v) is 15.3. The number of nitrogens with one attached hydrogen (secondary N) is 2. The van der Waals surface area contributed by atoms with Gasteiger partial charge in [-0.1, -0.05) is 24.6 Å². The normalized spacial score (nSPS) is 13.1. The fraction of sp³-hybridized carbons (Fsp3) is 0.353. The average Bonchev–Trinajstić information content (AvgIpc) is 2.63. The van der Waals surface area contributed by atoms with E-state index in [1.807, 2.05) is 13.8 Å². The number of halogens is 2. The van der Waals surface area contributed by atoms with Crippen molar-refractivity contribution in [2.75, 3.05) is 12.3 Å². The molecule has 1 amide bonds. The molecule has 1 aromatic carbocycles. The molecule has 9 heteroatoms. The van der Waals surface area contributed by atoms with Gasteiger partial charge in [0, 0.05) is 24.2 Å². The number of nitrogen functional groups attached to an aromatic ring is 1. The van der Waals surface area contributed by atoms with Crippen molar-refractivity contribution in [2.24, 2.45) is 0 Å². The van der Waals surface area contributed by atoms with Gasteiger partial charge in [-0.3, -0.25) is 4.79 Å². The van der Waals surface area contributed by atoms with Gasteiger partial charge < -0.3 is 21.1 Å². The molecule has 2 atom stereocenters. The molecule has 1 aromatic heterocycles. The minimum atomic E-state index is -0.578. The van der Waals surface area contributed by atoms with Crippen LogP contribution in [0.5, 0.6) is 11.6 Å². The molecule has 2 aromatic rings. The van der Waals surface area contributed by atoms with Crippen LogP contribution in [0.3, 0.4) is 0 Å². The smallest absolute Gasteiger partial charge is 0.238 e. The topological polar surface area (TPSA) is 102 Å². The lowest BCUT2D eigenvalue weighted by Crippen LogP contribution is -2.38. The summed E-state index contributed by atoms with van der Waals surface area (Å²) in [6, 6.07) is 2.85. The van der Waals surface area contributed by atoms with Gasteiger partial charge in [-0.2, -0.15) is 0 Å². The highest BCUT2D eigenvalue weighted by molar-refractivity contribution is 6.32. The number of hydrogen-bond donors (Lipinski definition) is 3. The molecule has 4 N–H and O–H groups in total. The van der Waals surface area contributed by atoms with Crippen LogP contribution in [-0.4, -0.2) is 29.0 Å². The lowest BCUT2D eigenvalue weighted by atomic mass is 10.0. The number of ether oxygens (including phenoxy) is 1. The van der Waals surface area contributed by atoms with Crippen molar-refractivity contribution >= 4 is 23.8 Å². The maximum Gasteiger partial charge on any atom is 0.238 e. The predicted octanol–water partition coefficient (Wildman–Crippen LogP) is 2.82. The summed E-state index contributed by atoms with van der Waals surface area (Å²) >= 11 is 6.10. The van der Waals surface area contributed by atoms with Crippen LogP contribution in [0.25, 0.3) is 0 Å². The highest BCUT2D eigenvalue weighted by Gasteiger charge is 2.22. The molecule has 0 aliphatic rings. The van der Waals surface area contributed by atoms with E-state index in [1.54, 1.807) is 12.1 Å².